The maximum absolute atomic E-state index is 12.2. The summed E-state index contributed by atoms with van der Waals surface area (Å²) >= 11 is 2.82. The molecule has 2 aromatic rings. The molecule has 0 fully saturated rings. The molecule has 24 heavy (non-hydrogen) atoms. The fourth-order valence-electron chi connectivity index (χ4n) is 2.11. The first-order valence-electron chi connectivity index (χ1n) is 7.53. The molecule has 0 saturated heterocycles. The Hall–Kier alpha value is -1.87. The van der Waals surface area contributed by atoms with Gasteiger partial charge in [-0.25, -0.2) is 0 Å². The van der Waals surface area contributed by atoms with E-state index in [0.717, 1.165) is 12.0 Å². The zero-order valence-corrected chi connectivity index (χ0v) is 15.3. The highest BCUT2D eigenvalue weighted by atomic mass is 32.2. The van der Waals surface area contributed by atoms with Crippen LogP contribution in [0.5, 0.6) is 0 Å². The van der Waals surface area contributed by atoms with Crippen molar-refractivity contribution in [3.05, 3.63) is 28.2 Å². The Morgan fingerprint density at radius 3 is 2.83 bits per heavy atom. The summed E-state index contributed by atoms with van der Waals surface area (Å²) in [6.07, 6.45) is 1.51. The van der Waals surface area contributed by atoms with E-state index in [1.165, 1.54) is 11.8 Å². The van der Waals surface area contributed by atoms with Gasteiger partial charge in [-0.3, -0.25) is 14.2 Å². The second-order valence-electron chi connectivity index (χ2n) is 5.30. The molecule has 0 aliphatic carbocycles. The third-order valence-electron chi connectivity index (χ3n) is 3.31. The molecule has 2 heterocycles. The van der Waals surface area contributed by atoms with E-state index in [-0.39, 0.29) is 18.2 Å². The van der Waals surface area contributed by atoms with Gasteiger partial charge in [0.15, 0.2) is 5.16 Å². The van der Waals surface area contributed by atoms with Gasteiger partial charge in [0.25, 0.3) is 0 Å². The molecule has 0 spiro atoms. The average molecular weight is 368 g/mol. The SMILES string of the molecule is CCCc1nnc(SCC(=O)N(C)Cc2ccsc2)n1CC(=O)O. The van der Waals surface area contributed by atoms with Crippen LogP contribution in [0.4, 0.5) is 0 Å². The van der Waals surface area contributed by atoms with E-state index in [4.69, 9.17) is 5.11 Å². The molecular weight excluding hydrogens is 348 g/mol. The molecule has 0 unspecified atom stereocenters. The van der Waals surface area contributed by atoms with Crippen LogP contribution < -0.4 is 0 Å². The van der Waals surface area contributed by atoms with E-state index in [9.17, 15) is 9.59 Å². The highest BCUT2D eigenvalue weighted by Crippen LogP contribution is 2.19. The van der Waals surface area contributed by atoms with Gasteiger partial charge in [-0.2, -0.15) is 11.3 Å². The molecule has 0 atom stereocenters. The van der Waals surface area contributed by atoms with Crippen molar-refractivity contribution in [2.24, 2.45) is 0 Å². The number of hydrogen-bond acceptors (Lipinski definition) is 6. The molecule has 0 radical (unpaired) electrons. The Bertz CT molecular complexity index is 685. The normalized spacial score (nSPS) is 10.8. The van der Waals surface area contributed by atoms with Crippen LogP contribution in [0, 0.1) is 0 Å². The van der Waals surface area contributed by atoms with E-state index in [0.29, 0.717) is 23.9 Å². The summed E-state index contributed by atoms with van der Waals surface area (Å²) in [6, 6.07) is 1.99. The van der Waals surface area contributed by atoms with Gasteiger partial charge in [0.1, 0.15) is 12.4 Å². The minimum absolute atomic E-state index is 0.0342. The molecule has 2 aromatic heterocycles. The van der Waals surface area contributed by atoms with Gasteiger partial charge in [0.2, 0.25) is 5.91 Å². The zero-order chi connectivity index (χ0) is 17.5. The minimum atomic E-state index is -0.949. The molecule has 1 N–H and O–H groups in total. The summed E-state index contributed by atoms with van der Waals surface area (Å²) in [5.41, 5.74) is 1.10. The molecule has 0 saturated carbocycles. The van der Waals surface area contributed by atoms with E-state index >= 15 is 0 Å². The molecule has 130 valence electrons. The van der Waals surface area contributed by atoms with E-state index < -0.39 is 5.97 Å². The smallest absolute Gasteiger partial charge is 0.323 e. The molecule has 2 rings (SSSR count). The minimum Gasteiger partial charge on any atom is -0.480 e. The Labute approximate surface area is 148 Å². The van der Waals surface area contributed by atoms with Crippen molar-refractivity contribution in [3.63, 3.8) is 0 Å². The van der Waals surface area contributed by atoms with Crippen LogP contribution in [0.1, 0.15) is 24.7 Å². The molecule has 7 nitrogen and oxygen atoms in total. The van der Waals surface area contributed by atoms with E-state index in [2.05, 4.69) is 10.2 Å². The number of rotatable bonds is 9. The second-order valence-corrected chi connectivity index (χ2v) is 7.02. The summed E-state index contributed by atoms with van der Waals surface area (Å²) in [5, 5.41) is 21.6. The van der Waals surface area contributed by atoms with Gasteiger partial charge in [-0.05, 0) is 28.8 Å². The quantitative estimate of drug-likeness (QED) is 0.682. The van der Waals surface area contributed by atoms with Crippen molar-refractivity contribution in [2.45, 2.75) is 38.0 Å². The molecule has 9 heteroatoms. The van der Waals surface area contributed by atoms with Crippen molar-refractivity contribution in [2.75, 3.05) is 12.8 Å². The number of thiophene rings is 1. The number of thioether (sulfide) groups is 1. The lowest BCUT2D eigenvalue weighted by molar-refractivity contribution is -0.137. The number of hydrogen-bond donors (Lipinski definition) is 1. The monoisotopic (exact) mass is 368 g/mol. The van der Waals surface area contributed by atoms with Crippen molar-refractivity contribution >= 4 is 35.0 Å². The van der Waals surface area contributed by atoms with Crippen LogP contribution in [0.25, 0.3) is 0 Å². The Morgan fingerprint density at radius 2 is 2.21 bits per heavy atom. The lowest BCUT2D eigenvalue weighted by Gasteiger charge is -2.16. The van der Waals surface area contributed by atoms with Crippen LogP contribution in [-0.4, -0.2) is 49.4 Å². The summed E-state index contributed by atoms with van der Waals surface area (Å²) in [7, 11) is 1.76. The summed E-state index contributed by atoms with van der Waals surface area (Å²) in [6.45, 7) is 2.37. The number of carboxylic acid groups (broad SMARTS) is 1. The van der Waals surface area contributed by atoms with Gasteiger partial charge in [-0.1, -0.05) is 18.7 Å². The molecule has 0 aromatic carbocycles. The van der Waals surface area contributed by atoms with E-state index in [1.54, 1.807) is 27.9 Å². The number of carboxylic acids is 1. The van der Waals surface area contributed by atoms with Gasteiger partial charge in [-0.15, -0.1) is 10.2 Å². The van der Waals surface area contributed by atoms with Crippen LogP contribution in [-0.2, 0) is 29.1 Å². The van der Waals surface area contributed by atoms with Crippen molar-refractivity contribution in [3.8, 4) is 0 Å². The van der Waals surface area contributed by atoms with Crippen LogP contribution in [0.15, 0.2) is 22.0 Å². The van der Waals surface area contributed by atoms with Gasteiger partial charge < -0.3 is 10.0 Å². The molecule has 0 aliphatic rings. The maximum Gasteiger partial charge on any atom is 0.323 e. The molecule has 0 bridgehead atoms. The highest BCUT2D eigenvalue weighted by molar-refractivity contribution is 7.99. The number of amides is 1. The number of aliphatic carboxylic acids is 1. The highest BCUT2D eigenvalue weighted by Gasteiger charge is 2.17. The second kappa shape index (κ2) is 8.84. The third kappa shape index (κ3) is 5.07. The lowest BCUT2D eigenvalue weighted by atomic mass is 10.3. The van der Waals surface area contributed by atoms with Crippen molar-refractivity contribution < 1.29 is 14.7 Å². The zero-order valence-electron chi connectivity index (χ0n) is 13.6. The largest absolute Gasteiger partial charge is 0.480 e. The maximum atomic E-state index is 12.2. The first-order valence-corrected chi connectivity index (χ1v) is 9.45. The van der Waals surface area contributed by atoms with Gasteiger partial charge >= 0.3 is 5.97 Å². The molecular formula is C15H20N4O3S2. The first-order chi connectivity index (χ1) is 11.5. The summed E-state index contributed by atoms with van der Waals surface area (Å²) in [5.74, 6) is -0.144. The number of carbonyl (C=O) groups is 2. The van der Waals surface area contributed by atoms with Crippen molar-refractivity contribution in [1.29, 1.82) is 0 Å². The van der Waals surface area contributed by atoms with Crippen LogP contribution >= 0.6 is 23.1 Å². The topological polar surface area (TPSA) is 88.3 Å². The fourth-order valence-corrected chi connectivity index (χ4v) is 3.67. The molecule has 0 aliphatic heterocycles. The lowest BCUT2D eigenvalue weighted by Crippen LogP contribution is -2.27. The Morgan fingerprint density at radius 1 is 1.42 bits per heavy atom. The van der Waals surface area contributed by atoms with Gasteiger partial charge in [0, 0.05) is 20.0 Å². The number of aryl methyl sites for hydroxylation is 1. The average Bonchev–Trinajstić information content (AvgIpc) is 3.16. The first kappa shape index (κ1) is 18.5. The summed E-state index contributed by atoms with van der Waals surface area (Å²) in [4.78, 5) is 24.9. The van der Waals surface area contributed by atoms with Crippen molar-refractivity contribution in [1.82, 2.24) is 19.7 Å². The fraction of sp³-hybridized carbons (Fsp3) is 0.467. The standard InChI is InChI=1S/C15H20N4O3S2/c1-3-4-12-16-17-15(19(12)8-14(21)22)24-10-13(20)18(2)7-11-5-6-23-9-11/h5-6,9H,3-4,7-8,10H2,1-2H3,(H,21,22). The van der Waals surface area contributed by atoms with Gasteiger partial charge in [0.05, 0.1) is 5.75 Å². The van der Waals surface area contributed by atoms with E-state index in [1.807, 2.05) is 23.8 Å². The number of carbonyl (C=O) groups excluding carboxylic acids is 1. The molecule has 1 amide bonds. The summed E-state index contributed by atoms with van der Waals surface area (Å²) < 4.78 is 1.57. The predicted molar refractivity (Wildman–Crippen MR) is 93.2 cm³/mol. The van der Waals surface area contributed by atoms with Crippen LogP contribution in [0.2, 0.25) is 0 Å². The number of aromatic nitrogens is 3. The third-order valence-corrected chi connectivity index (χ3v) is 4.99. The van der Waals surface area contributed by atoms with Crippen LogP contribution in [0.3, 0.4) is 0 Å². The predicted octanol–water partition coefficient (Wildman–Crippen LogP) is 2.13. The number of nitrogens with zero attached hydrogens (tertiary/aromatic N) is 4. The Balaban J connectivity index is 1.97. The Kier molecular flexibility index (Phi) is 6.80.